The number of benzene rings is 1. The molecule has 0 radical (unpaired) electrons. The molecular weight excluding hydrogens is 259 g/mol. The molecule has 2 aromatic rings. The maximum Gasteiger partial charge on any atom is 0.141 e. The Hall–Kier alpha value is -1.39. The maximum absolute atomic E-state index is 13.2. The van der Waals surface area contributed by atoms with E-state index in [0.717, 1.165) is 17.9 Å². The summed E-state index contributed by atoms with van der Waals surface area (Å²) in [6.07, 6.45) is 2.96. The molecule has 0 spiro atoms. The van der Waals surface area contributed by atoms with Gasteiger partial charge in [0, 0.05) is 22.9 Å². The zero-order valence-corrected chi connectivity index (χ0v) is 11.7. The van der Waals surface area contributed by atoms with Gasteiger partial charge in [0.25, 0.3) is 0 Å². The fourth-order valence-electron chi connectivity index (χ4n) is 1.83. The first-order valence-electron chi connectivity index (χ1n) is 6.31. The van der Waals surface area contributed by atoms with Crippen molar-refractivity contribution in [2.45, 2.75) is 17.9 Å². The van der Waals surface area contributed by atoms with E-state index in [1.54, 1.807) is 24.0 Å². The van der Waals surface area contributed by atoms with Gasteiger partial charge in [0.15, 0.2) is 0 Å². The van der Waals surface area contributed by atoms with Crippen molar-refractivity contribution in [3.8, 4) is 0 Å². The van der Waals surface area contributed by atoms with Crippen LogP contribution in [0.2, 0.25) is 0 Å². The van der Waals surface area contributed by atoms with Crippen LogP contribution in [0, 0.1) is 5.82 Å². The van der Waals surface area contributed by atoms with E-state index in [1.807, 2.05) is 25.1 Å². The molecular formula is C15H17FN2S. The summed E-state index contributed by atoms with van der Waals surface area (Å²) >= 11 is 1.76. The lowest BCUT2D eigenvalue weighted by molar-refractivity contribution is 0.582. The van der Waals surface area contributed by atoms with Gasteiger partial charge in [0.05, 0.1) is 6.20 Å². The summed E-state index contributed by atoms with van der Waals surface area (Å²) in [5, 5.41) is 3.37. The summed E-state index contributed by atoms with van der Waals surface area (Å²) in [4.78, 5) is 5.14. The molecule has 1 atom stereocenters. The van der Waals surface area contributed by atoms with Gasteiger partial charge >= 0.3 is 0 Å². The second kappa shape index (κ2) is 7.26. The Morgan fingerprint density at radius 3 is 2.74 bits per heavy atom. The van der Waals surface area contributed by atoms with Gasteiger partial charge in [-0.1, -0.05) is 25.1 Å². The van der Waals surface area contributed by atoms with Gasteiger partial charge in [-0.05, 0) is 30.3 Å². The highest BCUT2D eigenvalue weighted by Gasteiger charge is 2.12. The van der Waals surface area contributed by atoms with Crippen molar-refractivity contribution >= 4 is 11.8 Å². The van der Waals surface area contributed by atoms with Gasteiger partial charge < -0.3 is 5.32 Å². The number of nitrogens with zero attached hydrogens (tertiary/aromatic N) is 1. The first-order valence-corrected chi connectivity index (χ1v) is 7.30. The maximum atomic E-state index is 13.2. The molecule has 0 aliphatic heterocycles. The van der Waals surface area contributed by atoms with Gasteiger partial charge in [-0.25, -0.2) is 4.39 Å². The summed E-state index contributed by atoms with van der Waals surface area (Å²) in [7, 11) is 0. The number of thioether (sulfide) groups is 1. The third kappa shape index (κ3) is 4.33. The minimum absolute atomic E-state index is 0.110. The molecule has 0 bridgehead atoms. The molecule has 2 nitrogen and oxygen atoms in total. The van der Waals surface area contributed by atoms with Crippen LogP contribution in [0.3, 0.4) is 0 Å². The average molecular weight is 276 g/mol. The predicted molar refractivity (Wildman–Crippen MR) is 77.8 cm³/mol. The van der Waals surface area contributed by atoms with Crippen molar-refractivity contribution in [3.63, 3.8) is 0 Å². The number of halogens is 1. The SMILES string of the molecule is CCNC(CSc1ccccc1)c1cncc(F)c1. The van der Waals surface area contributed by atoms with Crippen molar-refractivity contribution in [1.82, 2.24) is 10.3 Å². The fourth-order valence-corrected chi connectivity index (χ4v) is 2.85. The molecule has 0 saturated heterocycles. The summed E-state index contributed by atoms with van der Waals surface area (Å²) in [6, 6.07) is 11.9. The van der Waals surface area contributed by atoms with Crippen molar-refractivity contribution < 1.29 is 4.39 Å². The number of hydrogen-bond donors (Lipinski definition) is 1. The van der Waals surface area contributed by atoms with Gasteiger partial charge in [0.1, 0.15) is 5.82 Å². The van der Waals surface area contributed by atoms with Gasteiger partial charge in [0.2, 0.25) is 0 Å². The Balaban J connectivity index is 2.04. The third-order valence-electron chi connectivity index (χ3n) is 2.74. The van der Waals surface area contributed by atoms with Gasteiger partial charge in [-0.2, -0.15) is 0 Å². The topological polar surface area (TPSA) is 24.9 Å². The molecule has 0 aliphatic rings. The van der Waals surface area contributed by atoms with Crippen LogP contribution >= 0.6 is 11.8 Å². The van der Waals surface area contributed by atoms with E-state index in [4.69, 9.17) is 0 Å². The molecule has 1 N–H and O–H groups in total. The fraction of sp³-hybridized carbons (Fsp3) is 0.267. The standard InChI is InChI=1S/C15H17FN2S/c1-2-18-15(12-8-13(16)10-17-9-12)11-19-14-6-4-3-5-7-14/h3-10,15,18H,2,11H2,1H3. The summed E-state index contributed by atoms with van der Waals surface area (Å²) in [6.45, 7) is 2.89. The number of aromatic nitrogens is 1. The smallest absolute Gasteiger partial charge is 0.141 e. The van der Waals surface area contributed by atoms with E-state index >= 15 is 0 Å². The quantitative estimate of drug-likeness (QED) is 0.815. The van der Waals surface area contributed by atoms with E-state index in [2.05, 4.69) is 22.4 Å². The van der Waals surface area contributed by atoms with Gasteiger partial charge in [-0.3, -0.25) is 4.98 Å². The Bertz CT molecular complexity index is 505. The lowest BCUT2D eigenvalue weighted by Crippen LogP contribution is -2.23. The molecule has 2 rings (SSSR count). The van der Waals surface area contributed by atoms with E-state index in [-0.39, 0.29) is 11.9 Å². The molecule has 1 aromatic heterocycles. The third-order valence-corrected chi connectivity index (χ3v) is 3.84. The Morgan fingerprint density at radius 1 is 1.26 bits per heavy atom. The molecule has 1 aromatic carbocycles. The zero-order valence-electron chi connectivity index (χ0n) is 10.8. The van der Waals surface area contributed by atoms with Crippen LogP contribution in [0.15, 0.2) is 53.7 Å². The second-order valence-electron chi connectivity index (χ2n) is 4.17. The average Bonchev–Trinajstić information content (AvgIpc) is 2.44. The first kappa shape index (κ1) is 14.0. The van der Waals surface area contributed by atoms with Crippen LogP contribution in [0.4, 0.5) is 4.39 Å². The number of pyridine rings is 1. The van der Waals surface area contributed by atoms with Crippen LogP contribution in [0.1, 0.15) is 18.5 Å². The Labute approximate surface area is 117 Å². The zero-order chi connectivity index (χ0) is 13.5. The normalized spacial score (nSPS) is 12.3. The van der Waals surface area contributed by atoms with Crippen molar-refractivity contribution in [2.75, 3.05) is 12.3 Å². The highest BCUT2D eigenvalue weighted by molar-refractivity contribution is 7.99. The number of nitrogens with one attached hydrogen (secondary N) is 1. The Morgan fingerprint density at radius 2 is 2.05 bits per heavy atom. The minimum atomic E-state index is -0.287. The molecule has 4 heteroatoms. The Kier molecular flexibility index (Phi) is 5.36. The van der Waals surface area contributed by atoms with Crippen molar-refractivity contribution in [1.29, 1.82) is 0 Å². The van der Waals surface area contributed by atoms with Crippen LogP contribution in [0.5, 0.6) is 0 Å². The molecule has 100 valence electrons. The lowest BCUT2D eigenvalue weighted by atomic mass is 10.1. The molecule has 19 heavy (non-hydrogen) atoms. The highest BCUT2D eigenvalue weighted by Crippen LogP contribution is 2.24. The van der Waals surface area contributed by atoms with Crippen LogP contribution in [-0.2, 0) is 0 Å². The summed E-state index contributed by atoms with van der Waals surface area (Å²) < 4.78 is 13.2. The van der Waals surface area contributed by atoms with E-state index in [0.29, 0.717) is 0 Å². The minimum Gasteiger partial charge on any atom is -0.309 e. The largest absolute Gasteiger partial charge is 0.309 e. The van der Waals surface area contributed by atoms with Crippen LogP contribution in [-0.4, -0.2) is 17.3 Å². The van der Waals surface area contributed by atoms with E-state index in [1.165, 1.54) is 11.1 Å². The predicted octanol–water partition coefficient (Wildman–Crippen LogP) is 3.66. The molecule has 0 fully saturated rings. The molecule has 0 aliphatic carbocycles. The van der Waals surface area contributed by atoms with Gasteiger partial charge in [-0.15, -0.1) is 11.8 Å². The molecule has 1 heterocycles. The molecule has 0 amide bonds. The van der Waals surface area contributed by atoms with Crippen molar-refractivity contribution in [2.24, 2.45) is 0 Å². The number of hydrogen-bond acceptors (Lipinski definition) is 3. The highest BCUT2D eigenvalue weighted by atomic mass is 32.2. The molecule has 0 saturated carbocycles. The van der Waals surface area contributed by atoms with Crippen molar-refractivity contribution in [3.05, 3.63) is 60.2 Å². The summed E-state index contributed by atoms with van der Waals surface area (Å²) in [5.41, 5.74) is 0.894. The number of rotatable bonds is 6. The first-order chi connectivity index (χ1) is 9.29. The van der Waals surface area contributed by atoms with Crippen LogP contribution in [0.25, 0.3) is 0 Å². The monoisotopic (exact) mass is 276 g/mol. The molecule has 1 unspecified atom stereocenters. The summed E-state index contributed by atoms with van der Waals surface area (Å²) in [5.74, 6) is 0.563. The van der Waals surface area contributed by atoms with Crippen LogP contribution < -0.4 is 5.32 Å². The van der Waals surface area contributed by atoms with E-state index in [9.17, 15) is 4.39 Å². The lowest BCUT2D eigenvalue weighted by Gasteiger charge is -2.17. The second-order valence-corrected chi connectivity index (χ2v) is 5.26. The van der Waals surface area contributed by atoms with E-state index < -0.39 is 0 Å².